The summed E-state index contributed by atoms with van der Waals surface area (Å²) in [6, 6.07) is 4.98. The quantitative estimate of drug-likeness (QED) is 0.868. The van der Waals surface area contributed by atoms with E-state index in [2.05, 4.69) is 0 Å². The Hall–Kier alpha value is -1.07. The Bertz CT molecular complexity index is 483. The number of aryl methyl sites for hydroxylation is 1. The highest BCUT2D eigenvalue weighted by atomic mass is 32.2. The van der Waals surface area contributed by atoms with Crippen molar-refractivity contribution in [1.82, 2.24) is 0 Å². The molecular weight excluding hydrogens is 238 g/mol. The minimum absolute atomic E-state index is 0.360. The van der Waals surface area contributed by atoms with Gasteiger partial charge in [0, 0.05) is 0 Å². The fourth-order valence-electron chi connectivity index (χ4n) is 1.67. The van der Waals surface area contributed by atoms with E-state index in [1.807, 2.05) is 0 Å². The van der Waals surface area contributed by atoms with Crippen LogP contribution >= 0.6 is 0 Å². The molecule has 0 heterocycles. The SMILES string of the molecule is COc1ccc(S(=O)(=O)C(C)CCN)c(C)c1. The molecule has 0 radical (unpaired) electrons. The second kappa shape index (κ2) is 5.51. The number of benzene rings is 1. The largest absolute Gasteiger partial charge is 0.497 e. The molecule has 4 nitrogen and oxygen atoms in total. The van der Waals surface area contributed by atoms with E-state index in [9.17, 15) is 8.42 Å². The molecule has 1 rings (SSSR count). The molecular formula is C12H19NO3S. The van der Waals surface area contributed by atoms with Crippen molar-refractivity contribution < 1.29 is 13.2 Å². The molecule has 0 bridgehead atoms. The van der Waals surface area contributed by atoms with Crippen molar-refractivity contribution in [3.8, 4) is 5.75 Å². The van der Waals surface area contributed by atoms with E-state index in [1.54, 1.807) is 39.2 Å². The number of hydrogen-bond acceptors (Lipinski definition) is 4. The lowest BCUT2D eigenvalue weighted by Gasteiger charge is -2.14. The van der Waals surface area contributed by atoms with Gasteiger partial charge in [0.25, 0.3) is 0 Å². The molecule has 1 aromatic rings. The zero-order chi connectivity index (χ0) is 13.1. The molecule has 2 N–H and O–H groups in total. The van der Waals surface area contributed by atoms with E-state index in [1.165, 1.54) is 0 Å². The van der Waals surface area contributed by atoms with Gasteiger partial charge in [0.15, 0.2) is 9.84 Å². The van der Waals surface area contributed by atoms with Crippen LogP contribution in [0.3, 0.4) is 0 Å². The maximum absolute atomic E-state index is 12.2. The van der Waals surface area contributed by atoms with Crippen LogP contribution in [0.4, 0.5) is 0 Å². The Morgan fingerprint density at radius 1 is 1.41 bits per heavy atom. The molecule has 0 amide bonds. The summed E-state index contributed by atoms with van der Waals surface area (Å²) in [5.74, 6) is 0.660. The minimum Gasteiger partial charge on any atom is -0.497 e. The van der Waals surface area contributed by atoms with Gasteiger partial charge in [-0.3, -0.25) is 0 Å². The van der Waals surface area contributed by atoms with Crippen LogP contribution in [0.5, 0.6) is 5.75 Å². The number of nitrogens with two attached hydrogens (primary N) is 1. The highest BCUT2D eigenvalue weighted by molar-refractivity contribution is 7.92. The lowest BCUT2D eigenvalue weighted by Crippen LogP contribution is -2.22. The molecule has 0 aliphatic carbocycles. The number of rotatable bonds is 5. The van der Waals surface area contributed by atoms with Gasteiger partial charge < -0.3 is 10.5 Å². The van der Waals surface area contributed by atoms with Gasteiger partial charge in [0.1, 0.15) is 5.75 Å². The molecule has 0 aliphatic heterocycles. The Balaban J connectivity index is 3.16. The predicted octanol–water partition coefficient (Wildman–Crippen LogP) is 1.51. The topological polar surface area (TPSA) is 69.4 Å². The molecule has 17 heavy (non-hydrogen) atoms. The van der Waals surface area contributed by atoms with Crippen LogP contribution in [0.25, 0.3) is 0 Å². The van der Waals surface area contributed by atoms with Gasteiger partial charge in [-0.25, -0.2) is 8.42 Å². The standard InChI is InChI=1S/C12H19NO3S/c1-9-8-11(16-3)4-5-12(9)17(14,15)10(2)6-7-13/h4-5,8,10H,6-7,13H2,1-3H3. The summed E-state index contributed by atoms with van der Waals surface area (Å²) in [5, 5.41) is -0.459. The lowest BCUT2D eigenvalue weighted by atomic mass is 10.2. The monoisotopic (exact) mass is 257 g/mol. The highest BCUT2D eigenvalue weighted by Crippen LogP contribution is 2.25. The van der Waals surface area contributed by atoms with Gasteiger partial charge in [-0.05, 0) is 50.6 Å². The number of hydrogen-bond donors (Lipinski definition) is 1. The van der Waals surface area contributed by atoms with Gasteiger partial charge in [-0.15, -0.1) is 0 Å². The summed E-state index contributed by atoms with van der Waals surface area (Å²) >= 11 is 0. The average Bonchev–Trinajstić information content (AvgIpc) is 2.28. The molecule has 0 aromatic heterocycles. The summed E-state index contributed by atoms with van der Waals surface area (Å²) in [6.45, 7) is 3.83. The Labute approximate surface area is 103 Å². The molecule has 0 aliphatic rings. The Morgan fingerprint density at radius 2 is 2.06 bits per heavy atom. The summed E-state index contributed by atoms with van der Waals surface area (Å²) in [6.07, 6.45) is 0.466. The Morgan fingerprint density at radius 3 is 2.53 bits per heavy atom. The first kappa shape index (κ1) is 14.0. The smallest absolute Gasteiger partial charge is 0.181 e. The van der Waals surface area contributed by atoms with Crippen LogP contribution in [0.15, 0.2) is 23.1 Å². The number of ether oxygens (including phenoxy) is 1. The third kappa shape index (κ3) is 2.98. The van der Waals surface area contributed by atoms with E-state index in [4.69, 9.17) is 10.5 Å². The average molecular weight is 257 g/mol. The van der Waals surface area contributed by atoms with E-state index in [0.29, 0.717) is 29.2 Å². The van der Waals surface area contributed by atoms with Crippen molar-refractivity contribution in [2.45, 2.75) is 30.4 Å². The van der Waals surface area contributed by atoms with Crippen LogP contribution in [0.1, 0.15) is 18.9 Å². The minimum atomic E-state index is -3.29. The van der Waals surface area contributed by atoms with Crippen LogP contribution in [-0.2, 0) is 9.84 Å². The maximum atomic E-state index is 12.2. The second-order valence-corrected chi connectivity index (χ2v) is 6.40. The normalized spacial score (nSPS) is 13.4. The highest BCUT2D eigenvalue weighted by Gasteiger charge is 2.24. The summed E-state index contributed by atoms with van der Waals surface area (Å²) in [7, 11) is -1.74. The second-order valence-electron chi connectivity index (χ2n) is 4.06. The number of sulfone groups is 1. The van der Waals surface area contributed by atoms with Crippen molar-refractivity contribution in [3.05, 3.63) is 23.8 Å². The van der Waals surface area contributed by atoms with Crippen molar-refractivity contribution in [1.29, 1.82) is 0 Å². The van der Waals surface area contributed by atoms with Crippen LogP contribution < -0.4 is 10.5 Å². The third-order valence-corrected chi connectivity index (χ3v) is 5.16. The van der Waals surface area contributed by atoms with E-state index in [0.717, 1.165) is 0 Å². The summed E-state index contributed by atoms with van der Waals surface area (Å²) < 4.78 is 29.5. The zero-order valence-corrected chi connectivity index (χ0v) is 11.3. The van der Waals surface area contributed by atoms with Crippen LogP contribution in [0, 0.1) is 6.92 Å². The Kier molecular flexibility index (Phi) is 4.54. The van der Waals surface area contributed by atoms with Crippen molar-refractivity contribution in [2.75, 3.05) is 13.7 Å². The van der Waals surface area contributed by atoms with Crippen LogP contribution in [0.2, 0.25) is 0 Å². The molecule has 5 heteroatoms. The van der Waals surface area contributed by atoms with E-state index < -0.39 is 15.1 Å². The van der Waals surface area contributed by atoms with Gasteiger partial charge in [-0.2, -0.15) is 0 Å². The van der Waals surface area contributed by atoms with Gasteiger partial charge in [0.2, 0.25) is 0 Å². The lowest BCUT2D eigenvalue weighted by molar-refractivity contribution is 0.414. The molecule has 1 unspecified atom stereocenters. The zero-order valence-electron chi connectivity index (χ0n) is 10.4. The summed E-state index contributed by atoms with van der Waals surface area (Å²) in [5.41, 5.74) is 6.11. The van der Waals surface area contributed by atoms with E-state index >= 15 is 0 Å². The number of methoxy groups -OCH3 is 1. The molecule has 0 saturated carbocycles. The van der Waals surface area contributed by atoms with Gasteiger partial charge in [0.05, 0.1) is 17.3 Å². The van der Waals surface area contributed by atoms with Crippen molar-refractivity contribution >= 4 is 9.84 Å². The molecule has 0 saturated heterocycles. The maximum Gasteiger partial charge on any atom is 0.181 e. The fraction of sp³-hybridized carbons (Fsp3) is 0.500. The first-order valence-electron chi connectivity index (χ1n) is 5.52. The molecule has 0 fully saturated rings. The summed E-state index contributed by atoms with van der Waals surface area (Å²) in [4.78, 5) is 0.360. The predicted molar refractivity (Wildman–Crippen MR) is 68.1 cm³/mol. The third-order valence-electron chi connectivity index (χ3n) is 2.79. The van der Waals surface area contributed by atoms with Crippen LogP contribution in [-0.4, -0.2) is 27.3 Å². The fourth-order valence-corrected chi connectivity index (χ4v) is 3.32. The van der Waals surface area contributed by atoms with Crippen molar-refractivity contribution in [3.63, 3.8) is 0 Å². The van der Waals surface area contributed by atoms with E-state index in [-0.39, 0.29) is 0 Å². The first-order valence-corrected chi connectivity index (χ1v) is 7.06. The van der Waals surface area contributed by atoms with Gasteiger partial charge in [-0.1, -0.05) is 0 Å². The first-order chi connectivity index (χ1) is 7.93. The molecule has 96 valence electrons. The molecule has 0 spiro atoms. The molecule has 1 atom stereocenters. The van der Waals surface area contributed by atoms with Crippen molar-refractivity contribution in [2.24, 2.45) is 5.73 Å². The molecule has 1 aromatic carbocycles. The van der Waals surface area contributed by atoms with Gasteiger partial charge >= 0.3 is 0 Å².